The van der Waals surface area contributed by atoms with E-state index in [9.17, 15) is 13.2 Å². The summed E-state index contributed by atoms with van der Waals surface area (Å²) in [6.45, 7) is 3.75. The van der Waals surface area contributed by atoms with Gasteiger partial charge in [0.05, 0.1) is 30.2 Å². The normalized spacial score (nSPS) is 22.0. The second kappa shape index (κ2) is 8.75. The molecule has 0 saturated carbocycles. The van der Waals surface area contributed by atoms with Crippen LogP contribution in [-0.4, -0.2) is 68.6 Å². The van der Waals surface area contributed by atoms with E-state index in [0.29, 0.717) is 24.5 Å². The van der Waals surface area contributed by atoms with E-state index in [-0.39, 0.29) is 31.3 Å². The van der Waals surface area contributed by atoms with E-state index in [1.165, 1.54) is 9.87 Å². The van der Waals surface area contributed by atoms with Gasteiger partial charge in [-0.25, -0.2) is 13.2 Å². The smallest absolute Gasteiger partial charge is 0.317 e. The van der Waals surface area contributed by atoms with Gasteiger partial charge in [-0.15, -0.1) is 0 Å². The Hall–Kier alpha value is -2.42. The highest BCUT2D eigenvalue weighted by Crippen LogP contribution is 2.25. The van der Waals surface area contributed by atoms with Gasteiger partial charge >= 0.3 is 6.03 Å². The first kappa shape index (κ1) is 20.8. The zero-order valence-corrected chi connectivity index (χ0v) is 17.8. The third kappa shape index (κ3) is 4.66. The molecule has 2 unspecified atom stereocenters. The number of hydrogen-bond donors (Lipinski definition) is 1. The number of carbonyl (C=O) groups is 1. The highest BCUT2D eigenvalue weighted by atomic mass is 32.2. The molecule has 2 bridgehead atoms. The summed E-state index contributed by atoms with van der Waals surface area (Å²) in [4.78, 5) is 14.6. The lowest BCUT2D eigenvalue weighted by molar-refractivity contribution is -0.111. The number of aryl methyl sites for hydroxylation is 1. The van der Waals surface area contributed by atoms with Crippen molar-refractivity contribution in [2.45, 2.75) is 30.4 Å². The molecule has 2 fully saturated rings. The van der Waals surface area contributed by atoms with Crippen LogP contribution in [0.3, 0.4) is 0 Å². The van der Waals surface area contributed by atoms with Crippen molar-refractivity contribution in [2.24, 2.45) is 0 Å². The lowest BCUT2D eigenvalue weighted by Crippen LogP contribution is -2.62. The summed E-state index contributed by atoms with van der Waals surface area (Å²) in [5.41, 5.74) is 2.19. The third-order valence-corrected chi connectivity index (χ3v) is 7.37. The van der Waals surface area contributed by atoms with Crippen molar-refractivity contribution in [2.75, 3.05) is 32.7 Å². The fourth-order valence-corrected chi connectivity index (χ4v) is 5.45. The SMILES string of the molecule is Cc1ccc(S(=O)(=O)N2CC3CN(C(=O)NCCc4ccccc4)CC(C2)O3)cc1. The van der Waals surface area contributed by atoms with Gasteiger partial charge in [-0.2, -0.15) is 4.31 Å². The fourth-order valence-electron chi connectivity index (χ4n) is 3.95. The van der Waals surface area contributed by atoms with Gasteiger partial charge in [0.25, 0.3) is 0 Å². The molecule has 2 aromatic rings. The summed E-state index contributed by atoms with van der Waals surface area (Å²) < 4.78 is 33.4. The number of urea groups is 1. The minimum atomic E-state index is -3.57. The summed E-state index contributed by atoms with van der Waals surface area (Å²) in [7, 11) is -3.57. The molecule has 2 aliphatic heterocycles. The van der Waals surface area contributed by atoms with E-state index in [4.69, 9.17) is 4.74 Å². The number of amides is 2. The number of hydrogen-bond acceptors (Lipinski definition) is 4. The fraction of sp³-hybridized carbons (Fsp3) is 0.409. The third-order valence-electron chi connectivity index (χ3n) is 5.53. The van der Waals surface area contributed by atoms with Crippen molar-refractivity contribution in [1.29, 1.82) is 0 Å². The number of nitrogens with one attached hydrogen (secondary N) is 1. The lowest BCUT2D eigenvalue weighted by Gasteiger charge is -2.45. The number of sulfonamides is 1. The van der Waals surface area contributed by atoms with Crippen molar-refractivity contribution in [3.63, 3.8) is 0 Å². The minimum absolute atomic E-state index is 0.126. The van der Waals surface area contributed by atoms with Crippen LogP contribution < -0.4 is 5.32 Å². The number of carbonyl (C=O) groups excluding carboxylic acids is 1. The number of nitrogens with zero attached hydrogens (tertiary/aromatic N) is 2. The molecule has 160 valence electrons. The summed E-state index contributed by atoms with van der Waals surface area (Å²) in [6.07, 6.45) is 0.127. The van der Waals surface area contributed by atoms with E-state index < -0.39 is 10.0 Å². The Morgan fingerprint density at radius 3 is 2.27 bits per heavy atom. The molecule has 1 N–H and O–H groups in total. The van der Waals surface area contributed by atoms with Crippen LogP contribution in [0.2, 0.25) is 0 Å². The van der Waals surface area contributed by atoms with Crippen LogP contribution in [0.15, 0.2) is 59.5 Å². The van der Waals surface area contributed by atoms with Crippen LogP contribution in [0.5, 0.6) is 0 Å². The maximum Gasteiger partial charge on any atom is 0.317 e. The first-order valence-electron chi connectivity index (χ1n) is 10.2. The van der Waals surface area contributed by atoms with Gasteiger partial charge < -0.3 is 15.0 Å². The second-order valence-electron chi connectivity index (χ2n) is 7.89. The Labute approximate surface area is 177 Å². The maximum atomic E-state index is 13.0. The predicted octanol–water partition coefficient (Wildman–Crippen LogP) is 2.02. The molecule has 2 aromatic carbocycles. The molecule has 2 heterocycles. The molecule has 2 aliphatic rings. The van der Waals surface area contributed by atoms with Gasteiger partial charge in [0.2, 0.25) is 10.0 Å². The predicted molar refractivity (Wildman–Crippen MR) is 114 cm³/mol. The van der Waals surface area contributed by atoms with Crippen molar-refractivity contribution >= 4 is 16.1 Å². The van der Waals surface area contributed by atoms with Crippen molar-refractivity contribution in [3.05, 3.63) is 65.7 Å². The highest BCUT2D eigenvalue weighted by Gasteiger charge is 2.41. The number of benzene rings is 2. The molecule has 2 amide bonds. The summed E-state index contributed by atoms with van der Waals surface area (Å²) in [6, 6.07) is 16.8. The topological polar surface area (TPSA) is 79.0 Å². The molecule has 0 aliphatic carbocycles. The Kier molecular flexibility index (Phi) is 6.08. The number of fused-ring (bicyclic) bond motifs is 2. The molecule has 8 heteroatoms. The average Bonchev–Trinajstić information content (AvgIpc) is 2.74. The number of rotatable bonds is 5. The Morgan fingerprint density at radius 2 is 1.63 bits per heavy atom. The summed E-state index contributed by atoms with van der Waals surface area (Å²) >= 11 is 0. The molecule has 0 spiro atoms. The zero-order chi connectivity index (χ0) is 21.1. The van der Waals surface area contributed by atoms with Gasteiger partial charge in [-0.3, -0.25) is 0 Å². The highest BCUT2D eigenvalue weighted by molar-refractivity contribution is 7.89. The molecule has 2 atom stereocenters. The minimum Gasteiger partial charge on any atom is -0.369 e. The van der Waals surface area contributed by atoms with E-state index in [0.717, 1.165) is 12.0 Å². The van der Waals surface area contributed by atoms with Crippen LogP contribution in [0.4, 0.5) is 4.79 Å². The van der Waals surface area contributed by atoms with E-state index in [2.05, 4.69) is 5.32 Å². The largest absolute Gasteiger partial charge is 0.369 e. The van der Waals surface area contributed by atoms with Crippen LogP contribution in [0.25, 0.3) is 0 Å². The molecular weight excluding hydrogens is 402 g/mol. The molecule has 30 heavy (non-hydrogen) atoms. The lowest BCUT2D eigenvalue weighted by atomic mass is 10.1. The van der Waals surface area contributed by atoms with Crippen LogP contribution in [0.1, 0.15) is 11.1 Å². The Balaban J connectivity index is 1.33. The summed E-state index contributed by atoms with van der Waals surface area (Å²) in [5, 5.41) is 2.96. The van der Waals surface area contributed by atoms with Gasteiger partial charge in [-0.1, -0.05) is 48.0 Å². The first-order chi connectivity index (χ1) is 14.4. The quantitative estimate of drug-likeness (QED) is 0.789. The molecule has 0 aromatic heterocycles. The maximum absolute atomic E-state index is 13.0. The van der Waals surface area contributed by atoms with Gasteiger partial charge in [0, 0.05) is 19.6 Å². The molecule has 7 nitrogen and oxygen atoms in total. The van der Waals surface area contributed by atoms with E-state index in [1.54, 1.807) is 29.2 Å². The number of ether oxygens (including phenoxy) is 1. The number of morpholine rings is 2. The van der Waals surface area contributed by atoms with Gasteiger partial charge in [0.15, 0.2) is 0 Å². The van der Waals surface area contributed by atoms with Crippen LogP contribution >= 0.6 is 0 Å². The van der Waals surface area contributed by atoms with Gasteiger partial charge in [0.1, 0.15) is 0 Å². The Morgan fingerprint density at radius 1 is 1.00 bits per heavy atom. The van der Waals surface area contributed by atoms with Crippen LogP contribution in [0, 0.1) is 6.92 Å². The first-order valence-corrected chi connectivity index (χ1v) is 11.6. The van der Waals surface area contributed by atoms with E-state index in [1.807, 2.05) is 37.3 Å². The molecule has 0 radical (unpaired) electrons. The van der Waals surface area contributed by atoms with Crippen molar-refractivity contribution < 1.29 is 17.9 Å². The molecule has 4 rings (SSSR count). The molecular formula is C22H27N3O4S. The molecule has 2 saturated heterocycles. The zero-order valence-electron chi connectivity index (χ0n) is 17.0. The average molecular weight is 430 g/mol. The van der Waals surface area contributed by atoms with Gasteiger partial charge in [-0.05, 0) is 31.0 Å². The monoisotopic (exact) mass is 429 g/mol. The van der Waals surface area contributed by atoms with Crippen molar-refractivity contribution in [3.8, 4) is 0 Å². The standard InChI is InChI=1S/C22H27N3O4S/c1-17-7-9-21(10-8-17)30(27,28)25-15-19-13-24(14-20(16-25)29-19)22(26)23-12-11-18-5-3-2-4-6-18/h2-10,19-20H,11-16H2,1H3,(H,23,26). The van der Waals surface area contributed by atoms with E-state index >= 15 is 0 Å². The summed E-state index contributed by atoms with van der Waals surface area (Å²) in [5.74, 6) is 0. The second-order valence-corrected chi connectivity index (χ2v) is 9.83. The Bertz CT molecular complexity index is 965. The van der Waals surface area contributed by atoms with Crippen molar-refractivity contribution in [1.82, 2.24) is 14.5 Å². The van der Waals surface area contributed by atoms with Crippen LogP contribution in [-0.2, 0) is 21.2 Å².